The highest BCUT2D eigenvalue weighted by Crippen LogP contribution is 2.21. The van der Waals surface area contributed by atoms with E-state index in [-0.39, 0.29) is 12.7 Å². The van der Waals surface area contributed by atoms with E-state index in [1.165, 1.54) is 13.5 Å². The van der Waals surface area contributed by atoms with E-state index in [1.54, 1.807) is 20.8 Å². The molecule has 1 aliphatic carbocycles. The third-order valence-electron chi connectivity index (χ3n) is 3.48. The molecular weight excluding hydrogens is 274 g/mol. The van der Waals surface area contributed by atoms with E-state index >= 15 is 0 Å². The molecule has 1 rings (SSSR count). The van der Waals surface area contributed by atoms with Crippen molar-refractivity contribution >= 4 is 12.1 Å². The van der Waals surface area contributed by atoms with Gasteiger partial charge in [0.1, 0.15) is 5.60 Å². The summed E-state index contributed by atoms with van der Waals surface area (Å²) in [6.45, 7) is 5.23. The van der Waals surface area contributed by atoms with E-state index in [0.717, 1.165) is 30.6 Å². The molecule has 122 valence electrons. The maximum atomic E-state index is 11.9. The average molecular weight is 301 g/mol. The quantitative estimate of drug-likeness (QED) is 0.845. The summed E-state index contributed by atoms with van der Waals surface area (Å²) in [5, 5.41) is 9.29. The number of amides is 1. The molecule has 0 spiro atoms. The van der Waals surface area contributed by atoms with E-state index in [4.69, 9.17) is 9.47 Å². The van der Waals surface area contributed by atoms with Crippen LogP contribution < -0.4 is 0 Å². The average Bonchev–Trinajstić information content (AvgIpc) is 2.37. The topological polar surface area (TPSA) is 76.1 Å². The molecule has 1 amide bonds. The molecule has 1 atom stereocenters. The maximum absolute atomic E-state index is 11.9. The Labute approximate surface area is 126 Å². The van der Waals surface area contributed by atoms with Crippen molar-refractivity contribution in [3.05, 3.63) is 0 Å². The van der Waals surface area contributed by atoms with Gasteiger partial charge in [-0.2, -0.15) is 0 Å². The van der Waals surface area contributed by atoms with Crippen molar-refractivity contribution in [3.8, 4) is 0 Å². The van der Waals surface area contributed by atoms with Crippen LogP contribution in [0, 0.1) is 0 Å². The third-order valence-corrected chi connectivity index (χ3v) is 3.48. The van der Waals surface area contributed by atoms with Crippen molar-refractivity contribution in [3.63, 3.8) is 0 Å². The molecule has 0 saturated heterocycles. The van der Waals surface area contributed by atoms with Gasteiger partial charge in [-0.1, -0.05) is 19.3 Å². The van der Waals surface area contributed by atoms with Crippen LogP contribution in [0.4, 0.5) is 4.79 Å². The Morgan fingerprint density at radius 2 is 1.81 bits per heavy atom. The largest absolute Gasteiger partial charge is 0.480 e. The molecule has 0 heterocycles. The number of carbonyl (C=O) groups excluding carboxylic acids is 1. The molecule has 0 aromatic heterocycles. The lowest BCUT2D eigenvalue weighted by molar-refractivity contribution is -0.146. The Bertz CT molecular complexity index is 358. The predicted octanol–water partition coefficient (Wildman–Crippen LogP) is 2.66. The minimum absolute atomic E-state index is 0.00422. The van der Waals surface area contributed by atoms with Crippen molar-refractivity contribution in [1.29, 1.82) is 0 Å². The molecule has 1 aliphatic rings. The third kappa shape index (κ3) is 6.33. The van der Waals surface area contributed by atoms with Gasteiger partial charge in [-0.05, 0) is 33.6 Å². The van der Waals surface area contributed by atoms with E-state index in [9.17, 15) is 14.7 Å². The summed E-state index contributed by atoms with van der Waals surface area (Å²) in [5.41, 5.74) is -0.654. The predicted molar refractivity (Wildman–Crippen MR) is 78.2 cm³/mol. The Kier molecular flexibility index (Phi) is 6.45. The van der Waals surface area contributed by atoms with Crippen LogP contribution in [0.15, 0.2) is 0 Å². The van der Waals surface area contributed by atoms with Gasteiger partial charge in [-0.3, -0.25) is 4.90 Å². The first-order valence-corrected chi connectivity index (χ1v) is 7.51. The molecular formula is C15H27NO5. The van der Waals surface area contributed by atoms with Gasteiger partial charge in [-0.25, -0.2) is 9.59 Å². The summed E-state index contributed by atoms with van der Waals surface area (Å²) in [6, 6.07) is -1.03. The van der Waals surface area contributed by atoms with Gasteiger partial charge in [-0.15, -0.1) is 0 Å². The number of rotatable bonds is 5. The summed E-state index contributed by atoms with van der Waals surface area (Å²) in [7, 11) is 1.43. The van der Waals surface area contributed by atoms with Crippen LogP contribution in [0.25, 0.3) is 0 Å². The normalized spacial score (nSPS) is 18.1. The van der Waals surface area contributed by atoms with Gasteiger partial charge in [0.15, 0.2) is 6.04 Å². The highest BCUT2D eigenvalue weighted by Gasteiger charge is 2.31. The standard InChI is InChI=1S/C15H27NO5/c1-15(2,3)21-14(19)16(4)12(13(17)18)10-20-11-8-6-5-7-9-11/h11-12H,5-10H2,1-4H3,(H,17,18). The van der Waals surface area contributed by atoms with Crippen molar-refractivity contribution in [2.45, 2.75) is 70.6 Å². The molecule has 0 radical (unpaired) electrons. The van der Waals surface area contributed by atoms with Crippen LogP contribution in [0.2, 0.25) is 0 Å². The number of nitrogens with zero attached hydrogens (tertiary/aromatic N) is 1. The number of aliphatic carboxylic acids is 1. The molecule has 0 aromatic carbocycles. The summed E-state index contributed by atoms with van der Waals surface area (Å²) >= 11 is 0. The molecule has 0 bridgehead atoms. The van der Waals surface area contributed by atoms with Gasteiger partial charge in [0, 0.05) is 7.05 Å². The Hall–Kier alpha value is -1.30. The van der Waals surface area contributed by atoms with E-state index in [0.29, 0.717) is 0 Å². The summed E-state index contributed by atoms with van der Waals surface area (Å²) in [4.78, 5) is 24.4. The summed E-state index contributed by atoms with van der Waals surface area (Å²) < 4.78 is 10.9. The molecule has 1 unspecified atom stereocenters. The first-order valence-electron chi connectivity index (χ1n) is 7.51. The van der Waals surface area contributed by atoms with Crippen molar-refractivity contribution in [1.82, 2.24) is 4.90 Å². The summed E-state index contributed by atoms with van der Waals surface area (Å²) in [6.07, 6.45) is 4.81. The fraction of sp³-hybridized carbons (Fsp3) is 0.867. The smallest absolute Gasteiger partial charge is 0.410 e. The molecule has 1 saturated carbocycles. The molecule has 1 fully saturated rings. The van der Waals surface area contributed by atoms with Crippen LogP contribution in [0.3, 0.4) is 0 Å². The second kappa shape index (κ2) is 7.64. The van der Waals surface area contributed by atoms with Gasteiger partial charge in [0.05, 0.1) is 12.7 Å². The van der Waals surface area contributed by atoms with Gasteiger partial charge < -0.3 is 14.6 Å². The molecule has 0 aliphatic heterocycles. The molecule has 6 heteroatoms. The lowest BCUT2D eigenvalue weighted by Gasteiger charge is -2.30. The van der Waals surface area contributed by atoms with Gasteiger partial charge in [0.2, 0.25) is 0 Å². The molecule has 6 nitrogen and oxygen atoms in total. The first kappa shape index (κ1) is 17.8. The Morgan fingerprint density at radius 3 is 2.29 bits per heavy atom. The zero-order valence-electron chi connectivity index (χ0n) is 13.4. The van der Waals surface area contributed by atoms with Crippen LogP contribution in [0.5, 0.6) is 0 Å². The zero-order valence-corrected chi connectivity index (χ0v) is 13.4. The number of hydrogen-bond acceptors (Lipinski definition) is 4. The Morgan fingerprint density at radius 1 is 1.24 bits per heavy atom. The van der Waals surface area contributed by atoms with Crippen molar-refractivity contribution < 1.29 is 24.2 Å². The first-order chi connectivity index (χ1) is 9.70. The second-order valence-electron chi connectivity index (χ2n) is 6.54. The fourth-order valence-electron chi connectivity index (χ4n) is 2.27. The monoisotopic (exact) mass is 301 g/mol. The molecule has 1 N–H and O–H groups in total. The lowest BCUT2D eigenvalue weighted by Crippen LogP contribution is -2.47. The van der Waals surface area contributed by atoms with E-state index in [2.05, 4.69) is 0 Å². The molecule has 21 heavy (non-hydrogen) atoms. The van der Waals surface area contributed by atoms with Gasteiger partial charge >= 0.3 is 12.1 Å². The highest BCUT2D eigenvalue weighted by atomic mass is 16.6. The minimum atomic E-state index is -1.08. The summed E-state index contributed by atoms with van der Waals surface area (Å²) in [5.74, 6) is -1.08. The Balaban J connectivity index is 2.54. The number of carboxylic acid groups (broad SMARTS) is 1. The SMILES string of the molecule is CN(C(=O)OC(C)(C)C)C(COC1CCCCC1)C(=O)O. The number of carboxylic acids is 1. The van der Waals surface area contributed by atoms with Crippen LogP contribution in [0.1, 0.15) is 52.9 Å². The van der Waals surface area contributed by atoms with Crippen molar-refractivity contribution in [2.24, 2.45) is 0 Å². The number of likely N-dealkylation sites (N-methyl/N-ethyl adjacent to an activating group) is 1. The molecule has 0 aromatic rings. The van der Waals surface area contributed by atoms with Crippen LogP contribution >= 0.6 is 0 Å². The highest BCUT2D eigenvalue weighted by molar-refractivity contribution is 5.80. The van der Waals surface area contributed by atoms with Crippen LogP contribution in [-0.4, -0.2) is 53.5 Å². The zero-order chi connectivity index (χ0) is 16.0. The van der Waals surface area contributed by atoms with Crippen LogP contribution in [-0.2, 0) is 14.3 Å². The maximum Gasteiger partial charge on any atom is 0.410 e. The number of ether oxygens (including phenoxy) is 2. The fourth-order valence-corrected chi connectivity index (χ4v) is 2.27. The van der Waals surface area contributed by atoms with E-state index < -0.39 is 23.7 Å². The lowest BCUT2D eigenvalue weighted by atomic mass is 9.98. The number of carbonyl (C=O) groups is 2. The number of hydrogen-bond donors (Lipinski definition) is 1. The van der Waals surface area contributed by atoms with Gasteiger partial charge in [0.25, 0.3) is 0 Å². The van der Waals surface area contributed by atoms with E-state index in [1.807, 2.05) is 0 Å². The second-order valence-corrected chi connectivity index (χ2v) is 6.54. The van der Waals surface area contributed by atoms with Crippen molar-refractivity contribution in [2.75, 3.05) is 13.7 Å². The minimum Gasteiger partial charge on any atom is -0.480 e.